The van der Waals surface area contributed by atoms with E-state index in [0.29, 0.717) is 10.6 Å². The first-order valence-electron chi connectivity index (χ1n) is 9.58. The number of anilines is 1. The lowest BCUT2D eigenvalue weighted by atomic mass is 10.0. The number of amides is 1. The van der Waals surface area contributed by atoms with Crippen LogP contribution in [0.15, 0.2) is 53.1 Å². The number of thiophene rings is 1. The second kappa shape index (κ2) is 9.93. The van der Waals surface area contributed by atoms with E-state index in [2.05, 4.69) is 22.3 Å². The van der Waals surface area contributed by atoms with Crippen molar-refractivity contribution in [3.8, 4) is 0 Å². The van der Waals surface area contributed by atoms with Crippen LogP contribution in [0.25, 0.3) is 0 Å². The summed E-state index contributed by atoms with van der Waals surface area (Å²) in [5, 5.41) is 3.36. The number of halogens is 1. The third-order valence-electron chi connectivity index (χ3n) is 4.84. The van der Waals surface area contributed by atoms with Crippen LogP contribution in [0.3, 0.4) is 0 Å². The third-order valence-corrected chi connectivity index (χ3v) is 5.97. The number of esters is 1. The molecule has 0 saturated heterocycles. The molecule has 6 nitrogen and oxygen atoms in total. The molecule has 0 saturated carbocycles. The Hall–Kier alpha value is -2.61. The molecule has 1 aliphatic rings. The Bertz CT molecular complexity index is 1000. The van der Waals surface area contributed by atoms with Gasteiger partial charge in [0.25, 0.3) is 5.91 Å². The van der Waals surface area contributed by atoms with Gasteiger partial charge in [-0.1, -0.05) is 30.3 Å². The molecular formula is C22H23ClN2O4S. The predicted molar refractivity (Wildman–Crippen MR) is 118 cm³/mol. The minimum Gasteiger partial charge on any atom is -0.462 e. The highest BCUT2D eigenvalue weighted by molar-refractivity contribution is 7.17. The molecule has 0 unspecified atom stereocenters. The maximum atomic E-state index is 12.6. The maximum absolute atomic E-state index is 12.6. The Morgan fingerprint density at radius 1 is 1.20 bits per heavy atom. The molecule has 3 heterocycles. The number of furan rings is 1. The molecule has 8 heteroatoms. The Kier molecular flexibility index (Phi) is 7.31. The summed E-state index contributed by atoms with van der Waals surface area (Å²) in [4.78, 5) is 28.5. The second-order valence-corrected chi connectivity index (χ2v) is 7.91. The molecule has 1 aromatic carbocycles. The lowest BCUT2D eigenvalue weighted by molar-refractivity contribution is 0.0526. The van der Waals surface area contributed by atoms with E-state index in [-0.39, 0.29) is 30.7 Å². The highest BCUT2D eigenvalue weighted by Gasteiger charge is 2.30. The van der Waals surface area contributed by atoms with Crippen molar-refractivity contribution in [1.29, 1.82) is 0 Å². The Morgan fingerprint density at radius 2 is 2.00 bits per heavy atom. The molecule has 4 rings (SSSR count). The fraction of sp³-hybridized carbons (Fsp3) is 0.273. The predicted octanol–water partition coefficient (Wildman–Crippen LogP) is 4.75. The first-order valence-corrected chi connectivity index (χ1v) is 10.4. The summed E-state index contributed by atoms with van der Waals surface area (Å²) in [7, 11) is 0. The molecule has 1 N–H and O–H groups in total. The van der Waals surface area contributed by atoms with Crippen LogP contribution in [0.5, 0.6) is 0 Å². The van der Waals surface area contributed by atoms with E-state index < -0.39 is 5.97 Å². The van der Waals surface area contributed by atoms with Crippen LogP contribution in [0.4, 0.5) is 5.00 Å². The number of nitrogens with zero attached hydrogens (tertiary/aromatic N) is 1. The Morgan fingerprint density at radius 3 is 2.70 bits per heavy atom. The first-order chi connectivity index (χ1) is 14.2. The zero-order chi connectivity index (χ0) is 20.2. The third kappa shape index (κ3) is 4.75. The van der Waals surface area contributed by atoms with Gasteiger partial charge in [-0.05, 0) is 36.6 Å². The van der Waals surface area contributed by atoms with E-state index in [0.717, 1.165) is 36.5 Å². The molecule has 0 fully saturated rings. The van der Waals surface area contributed by atoms with Crippen molar-refractivity contribution in [3.63, 3.8) is 0 Å². The van der Waals surface area contributed by atoms with Crippen LogP contribution in [0.1, 0.15) is 43.8 Å². The highest BCUT2D eigenvalue weighted by atomic mass is 35.5. The molecule has 30 heavy (non-hydrogen) atoms. The van der Waals surface area contributed by atoms with Gasteiger partial charge >= 0.3 is 5.97 Å². The number of carbonyl (C=O) groups excluding carboxylic acids is 2. The van der Waals surface area contributed by atoms with Crippen molar-refractivity contribution >= 4 is 40.6 Å². The zero-order valence-electron chi connectivity index (χ0n) is 16.6. The molecule has 0 spiro atoms. The lowest BCUT2D eigenvalue weighted by Gasteiger charge is -2.27. The van der Waals surface area contributed by atoms with Crippen molar-refractivity contribution in [1.82, 2.24) is 4.90 Å². The van der Waals surface area contributed by atoms with E-state index in [1.807, 2.05) is 18.2 Å². The quantitative estimate of drug-likeness (QED) is 0.553. The summed E-state index contributed by atoms with van der Waals surface area (Å²) < 4.78 is 10.4. The van der Waals surface area contributed by atoms with Crippen LogP contribution < -0.4 is 5.32 Å². The monoisotopic (exact) mass is 446 g/mol. The van der Waals surface area contributed by atoms with Gasteiger partial charge in [-0.2, -0.15) is 0 Å². The number of carbonyl (C=O) groups is 2. The maximum Gasteiger partial charge on any atom is 0.341 e. The molecule has 0 aliphatic carbocycles. The molecule has 0 atom stereocenters. The summed E-state index contributed by atoms with van der Waals surface area (Å²) in [6.07, 6.45) is 2.19. The number of hydrogen-bond acceptors (Lipinski definition) is 6. The van der Waals surface area contributed by atoms with Crippen LogP contribution >= 0.6 is 23.7 Å². The minimum absolute atomic E-state index is 0. The molecule has 0 radical (unpaired) electrons. The van der Waals surface area contributed by atoms with Crippen molar-refractivity contribution < 1.29 is 18.7 Å². The summed E-state index contributed by atoms with van der Waals surface area (Å²) >= 11 is 1.44. The SMILES string of the molecule is CCOC(=O)c1c(NC(=O)c2ccco2)sc2c1CCN(Cc1ccccc1)C2.Cl. The number of rotatable bonds is 6. The van der Waals surface area contributed by atoms with Gasteiger partial charge in [0.2, 0.25) is 0 Å². The molecule has 1 aliphatic heterocycles. The van der Waals surface area contributed by atoms with Gasteiger partial charge in [-0.15, -0.1) is 23.7 Å². The average Bonchev–Trinajstić information content (AvgIpc) is 3.36. The fourth-order valence-electron chi connectivity index (χ4n) is 3.51. The molecular weight excluding hydrogens is 424 g/mol. The average molecular weight is 447 g/mol. The van der Waals surface area contributed by atoms with Crippen LogP contribution in [0.2, 0.25) is 0 Å². The van der Waals surface area contributed by atoms with E-state index >= 15 is 0 Å². The second-order valence-electron chi connectivity index (χ2n) is 6.81. The summed E-state index contributed by atoms with van der Waals surface area (Å²) in [5.41, 5.74) is 2.71. The van der Waals surface area contributed by atoms with E-state index in [4.69, 9.17) is 9.15 Å². The largest absolute Gasteiger partial charge is 0.462 e. The minimum atomic E-state index is -0.392. The first kappa shape index (κ1) is 22.1. The van der Waals surface area contributed by atoms with Crippen LogP contribution in [-0.2, 0) is 24.2 Å². The lowest BCUT2D eigenvalue weighted by Crippen LogP contribution is -2.29. The molecule has 158 valence electrons. The number of fused-ring (bicyclic) bond motifs is 1. The van der Waals surface area contributed by atoms with Gasteiger partial charge in [-0.25, -0.2) is 4.79 Å². The summed E-state index contributed by atoms with van der Waals surface area (Å²) in [6.45, 7) is 4.49. The summed E-state index contributed by atoms with van der Waals surface area (Å²) in [6, 6.07) is 13.6. The number of hydrogen-bond donors (Lipinski definition) is 1. The van der Waals surface area contributed by atoms with Crippen molar-refractivity contribution in [2.24, 2.45) is 0 Å². The smallest absolute Gasteiger partial charge is 0.341 e. The van der Waals surface area contributed by atoms with Gasteiger partial charge < -0.3 is 14.5 Å². The van der Waals surface area contributed by atoms with Gasteiger partial charge in [0.05, 0.1) is 18.4 Å². The summed E-state index contributed by atoms with van der Waals surface area (Å²) in [5.74, 6) is -0.562. The number of benzene rings is 1. The molecule has 0 bridgehead atoms. The van der Waals surface area contributed by atoms with Crippen LogP contribution in [0, 0.1) is 0 Å². The fourth-order valence-corrected chi connectivity index (χ4v) is 4.79. The van der Waals surface area contributed by atoms with E-state index in [9.17, 15) is 9.59 Å². The van der Waals surface area contributed by atoms with Gasteiger partial charge in [0, 0.05) is 24.5 Å². The standard InChI is InChI=1S/C22H22N2O4S.ClH/c1-2-27-22(26)19-16-10-11-24(13-15-7-4-3-5-8-15)14-18(16)29-21(19)23-20(25)17-9-6-12-28-17;/h3-9,12H,2,10-11,13-14H2,1H3,(H,23,25);1H. The van der Waals surface area contributed by atoms with Crippen molar-refractivity contribution in [3.05, 3.63) is 76.1 Å². The molecule has 1 amide bonds. The molecule has 2 aromatic heterocycles. The van der Waals surface area contributed by atoms with E-state index in [1.165, 1.54) is 23.2 Å². The number of ether oxygens (including phenoxy) is 1. The Labute approximate surface area is 185 Å². The Balaban J connectivity index is 0.00000256. The van der Waals surface area contributed by atoms with Crippen LogP contribution in [-0.4, -0.2) is 29.9 Å². The highest BCUT2D eigenvalue weighted by Crippen LogP contribution is 2.38. The topological polar surface area (TPSA) is 71.8 Å². The van der Waals surface area contributed by atoms with E-state index in [1.54, 1.807) is 19.1 Å². The zero-order valence-corrected chi connectivity index (χ0v) is 18.2. The number of nitrogens with one attached hydrogen (secondary N) is 1. The van der Waals surface area contributed by atoms with Crippen molar-refractivity contribution in [2.45, 2.75) is 26.4 Å². The van der Waals surface area contributed by atoms with Gasteiger partial charge in [0.1, 0.15) is 5.00 Å². The van der Waals surface area contributed by atoms with Gasteiger partial charge in [0.15, 0.2) is 5.76 Å². The molecule has 3 aromatic rings. The van der Waals surface area contributed by atoms with Crippen molar-refractivity contribution in [2.75, 3.05) is 18.5 Å². The normalized spacial score (nSPS) is 13.2. The van der Waals surface area contributed by atoms with Gasteiger partial charge in [-0.3, -0.25) is 9.69 Å².